The Kier molecular flexibility index (Phi) is 2.24. The van der Waals surface area contributed by atoms with Gasteiger partial charge in [-0.15, -0.1) is 0 Å². The van der Waals surface area contributed by atoms with Gasteiger partial charge in [0.15, 0.2) is 0 Å². The van der Waals surface area contributed by atoms with Gasteiger partial charge in [-0.1, -0.05) is 0 Å². The number of anilines is 1. The number of amides is 1. The number of aromatic nitrogens is 1. The number of hydrogen-bond donors (Lipinski definition) is 1. The van der Waals surface area contributed by atoms with E-state index < -0.39 is 0 Å². The summed E-state index contributed by atoms with van der Waals surface area (Å²) in [5, 5.41) is 4.10. The van der Waals surface area contributed by atoms with E-state index in [4.69, 9.17) is 4.42 Å². The fraction of sp³-hybridized carbons (Fsp3) is 0.333. The van der Waals surface area contributed by atoms with Gasteiger partial charge < -0.3 is 14.6 Å². The topological polar surface area (TPSA) is 58.4 Å². The number of pyridine rings is 1. The average molecular weight is 231 g/mol. The van der Waals surface area contributed by atoms with E-state index in [2.05, 4.69) is 10.3 Å². The molecule has 5 heteroatoms. The first-order valence-corrected chi connectivity index (χ1v) is 5.59. The minimum absolute atomic E-state index is 0.118. The summed E-state index contributed by atoms with van der Waals surface area (Å²) in [6, 6.07) is 3.49. The van der Waals surface area contributed by atoms with Crippen molar-refractivity contribution in [1.29, 1.82) is 0 Å². The summed E-state index contributed by atoms with van der Waals surface area (Å²) in [7, 11) is 1.82. The maximum Gasteiger partial charge on any atom is 0.244 e. The van der Waals surface area contributed by atoms with Crippen LogP contribution >= 0.6 is 0 Å². The summed E-state index contributed by atoms with van der Waals surface area (Å²) >= 11 is 0. The third kappa shape index (κ3) is 1.63. The Balaban J connectivity index is 1.90. The fourth-order valence-electron chi connectivity index (χ4n) is 2.13. The average Bonchev–Trinajstić information content (AvgIpc) is 2.91. The summed E-state index contributed by atoms with van der Waals surface area (Å²) in [5.74, 6) is 0.831. The van der Waals surface area contributed by atoms with E-state index in [-0.39, 0.29) is 11.9 Å². The molecule has 1 aliphatic heterocycles. The van der Waals surface area contributed by atoms with Crippen LogP contribution < -0.4 is 5.32 Å². The van der Waals surface area contributed by atoms with Crippen molar-refractivity contribution >= 4 is 22.7 Å². The Morgan fingerprint density at radius 1 is 1.53 bits per heavy atom. The number of likely N-dealkylation sites (N-methyl/N-ethyl adjacent to an activating group) is 1. The van der Waals surface area contributed by atoms with Gasteiger partial charge in [0.25, 0.3) is 0 Å². The molecule has 2 aromatic heterocycles. The van der Waals surface area contributed by atoms with Crippen LogP contribution in [0.1, 0.15) is 6.42 Å². The molecule has 1 fully saturated rings. The molecule has 88 valence electrons. The molecule has 1 saturated heterocycles. The van der Waals surface area contributed by atoms with Gasteiger partial charge in [0.1, 0.15) is 17.4 Å². The van der Waals surface area contributed by atoms with Gasteiger partial charge >= 0.3 is 0 Å². The highest BCUT2D eigenvalue weighted by atomic mass is 16.3. The molecule has 0 aromatic carbocycles. The molecular weight excluding hydrogens is 218 g/mol. The van der Waals surface area contributed by atoms with Crippen molar-refractivity contribution in [3.8, 4) is 0 Å². The van der Waals surface area contributed by atoms with E-state index >= 15 is 0 Å². The first-order chi connectivity index (χ1) is 8.25. The monoisotopic (exact) mass is 231 g/mol. The van der Waals surface area contributed by atoms with Crippen LogP contribution in [0, 0.1) is 0 Å². The molecule has 0 saturated carbocycles. The molecule has 2 aromatic rings. The number of rotatable bonds is 2. The van der Waals surface area contributed by atoms with Gasteiger partial charge in [-0.3, -0.25) is 4.79 Å². The summed E-state index contributed by atoms with van der Waals surface area (Å²) in [6.07, 6.45) is 4.11. The van der Waals surface area contributed by atoms with Gasteiger partial charge in [-0.05, 0) is 18.6 Å². The summed E-state index contributed by atoms with van der Waals surface area (Å²) in [4.78, 5) is 17.8. The minimum atomic E-state index is -0.173. The quantitative estimate of drug-likeness (QED) is 0.850. The Bertz CT molecular complexity index is 564. The Morgan fingerprint density at radius 3 is 3.18 bits per heavy atom. The summed E-state index contributed by atoms with van der Waals surface area (Å²) < 4.78 is 5.30. The molecular formula is C12H13N3O2. The van der Waals surface area contributed by atoms with Crippen molar-refractivity contribution in [2.45, 2.75) is 12.5 Å². The van der Waals surface area contributed by atoms with Crippen molar-refractivity contribution in [1.82, 2.24) is 9.88 Å². The lowest BCUT2D eigenvalue weighted by molar-refractivity contribution is -0.127. The molecule has 1 atom stereocenters. The predicted octanol–water partition coefficient (Wildman–Crippen LogP) is 1.47. The van der Waals surface area contributed by atoms with Gasteiger partial charge in [0, 0.05) is 19.8 Å². The molecule has 5 nitrogen and oxygen atoms in total. The summed E-state index contributed by atoms with van der Waals surface area (Å²) in [6.45, 7) is 0.790. The second-order valence-electron chi connectivity index (χ2n) is 4.24. The molecule has 3 rings (SSSR count). The maximum atomic E-state index is 11.8. The van der Waals surface area contributed by atoms with Crippen LogP contribution in [0.4, 0.5) is 5.82 Å². The van der Waals surface area contributed by atoms with Crippen LogP contribution in [0.15, 0.2) is 29.0 Å². The van der Waals surface area contributed by atoms with Crippen molar-refractivity contribution in [2.75, 3.05) is 18.9 Å². The number of hydrogen-bond acceptors (Lipinski definition) is 4. The molecule has 3 heterocycles. The SMILES string of the molecule is CN1CCC(Nc2nccc3occc23)C1=O. The third-order valence-electron chi connectivity index (χ3n) is 3.12. The number of nitrogens with zero attached hydrogens (tertiary/aromatic N) is 2. The minimum Gasteiger partial charge on any atom is -0.464 e. The van der Waals surface area contributed by atoms with Crippen LogP contribution in [-0.4, -0.2) is 35.4 Å². The molecule has 1 N–H and O–H groups in total. The first kappa shape index (κ1) is 10.1. The lowest BCUT2D eigenvalue weighted by Crippen LogP contribution is -2.31. The zero-order valence-electron chi connectivity index (χ0n) is 9.51. The van der Waals surface area contributed by atoms with Crippen LogP contribution in [0.3, 0.4) is 0 Å². The molecule has 1 amide bonds. The van der Waals surface area contributed by atoms with Crippen LogP contribution in [0.25, 0.3) is 11.0 Å². The molecule has 17 heavy (non-hydrogen) atoms. The number of carbonyl (C=O) groups is 1. The van der Waals surface area contributed by atoms with Gasteiger partial charge in [0.2, 0.25) is 5.91 Å². The van der Waals surface area contributed by atoms with Crippen LogP contribution in [0.2, 0.25) is 0 Å². The van der Waals surface area contributed by atoms with E-state index in [0.29, 0.717) is 5.82 Å². The molecule has 0 bridgehead atoms. The zero-order chi connectivity index (χ0) is 11.8. The largest absolute Gasteiger partial charge is 0.464 e. The van der Waals surface area contributed by atoms with Gasteiger partial charge in [-0.2, -0.15) is 0 Å². The Labute approximate surface area is 98.4 Å². The normalized spacial score (nSPS) is 20.2. The lowest BCUT2D eigenvalue weighted by Gasteiger charge is -2.12. The van der Waals surface area contributed by atoms with Crippen molar-refractivity contribution in [3.05, 3.63) is 24.6 Å². The Hall–Kier alpha value is -2.04. The smallest absolute Gasteiger partial charge is 0.244 e. The van der Waals surface area contributed by atoms with E-state index in [0.717, 1.165) is 23.9 Å². The lowest BCUT2D eigenvalue weighted by atomic mass is 10.2. The fourth-order valence-corrected chi connectivity index (χ4v) is 2.13. The van der Waals surface area contributed by atoms with Crippen molar-refractivity contribution < 1.29 is 9.21 Å². The van der Waals surface area contributed by atoms with Gasteiger partial charge in [-0.25, -0.2) is 4.98 Å². The highest BCUT2D eigenvalue weighted by Crippen LogP contribution is 2.24. The highest BCUT2D eigenvalue weighted by molar-refractivity contribution is 5.92. The molecule has 0 radical (unpaired) electrons. The third-order valence-corrected chi connectivity index (χ3v) is 3.12. The van der Waals surface area contributed by atoms with Gasteiger partial charge in [0.05, 0.1) is 11.6 Å². The number of carbonyl (C=O) groups excluding carboxylic acids is 1. The number of likely N-dealkylation sites (tertiary alicyclic amines) is 1. The van der Waals surface area contributed by atoms with E-state index in [9.17, 15) is 4.79 Å². The maximum absolute atomic E-state index is 11.8. The second-order valence-corrected chi connectivity index (χ2v) is 4.24. The molecule has 1 aliphatic rings. The second kappa shape index (κ2) is 3.76. The zero-order valence-corrected chi connectivity index (χ0v) is 9.51. The molecule has 0 spiro atoms. The molecule has 1 unspecified atom stereocenters. The van der Waals surface area contributed by atoms with Crippen molar-refractivity contribution in [3.63, 3.8) is 0 Å². The van der Waals surface area contributed by atoms with Crippen LogP contribution in [-0.2, 0) is 4.79 Å². The Morgan fingerprint density at radius 2 is 2.41 bits per heavy atom. The van der Waals surface area contributed by atoms with E-state index in [1.165, 1.54) is 0 Å². The van der Waals surface area contributed by atoms with Crippen LogP contribution in [0.5, 0.6) is 0 Å². The predicted molar refractivity (Wildman–Crippen MR) is 63.7 cm³/mol. The number of furan rings is 1. The first-order valence-electron chi connectivity index (χ1n) is 5.59. The summed E-state index contributed by atoms with van der Waals surface area (Å²) in [5.41, 5.74) is 0.779. The van der Waals surface area contributed by atoms with E-state index in [1.54, 1.807) is 17.4 Å². The van der Waals surface area contributed by atoms with Crippen molar-refractivity contribution in [2.24, 2.45) is 0 Å². The van der Waals surface area contributed by atoms with E-state index in [1.807, 2.05) is 19.2 Å². The highest BCUT2D eigenvalue weighted by Gasteiger charge is 2.29. The molecule has 0 aliphatic carbocycles. The standard InChI is InChI=1S/C12H13N3O2/c1-15-6-3-9(12(15)16)14-11-8-4-7-17-10(8)2-5-13-11/h2,4-5,7,9H,3,6H2,1H3,(H,13,14). The number of fused-ring (bicyclic) bond motifs is 1. The number of nitrogens with one attached hydrogen (secondary N) is 1.